The monoisotopic (exact) mass is 233 g/mol. The van der Waals surface area contributed by atoms with Gasteiger partial charge in [0.25, 0.3) is 5.91 Å². The Morgan fingerprint density at radius 2 is 1.76 bits per heavy atom. The summed E-state index contributed by atoms with van der Waals surface area (Å²) in [6, 6.07) is 7.80. The minimum atomic E-state index is -0.178. The lowest BCUT2D eigenvalue weighted by Gasteiger charge is -2.26. The Balaban J connectivity index is 1.91. The van der Waals surface area contributed by atoms with Crippen molar-refractivity contribution in [1.29, 1.82) is 0 Å². The second-order valence-corrected chi connectivity index (χ2v) is 4.84. The van der Waals surface area contributed by atoms with E-state index in [-0.39, 0.29) is 18.1 Å². The summed E-state index contributed by atoms with van der Waals surface area (Å²) in [5.74, 6) is -0.00797. The summed E-state index contributed by atoms with van der Waals surface area (Å²) in [5, 5.41) is 12.4. The predicted molar refractivity (Wildman–Crippen MR) is 66.9 cm³/mol. The molecule has 1 aliphatic rings. The van der Waals surface area contributed by atoms with Crippen LogP contribution in [0.3, 0.4) is 0 Å². The molecular formula is C14H19NO2. The van der Waals surface area contributed by atoms with Gasteiger partial charge in [-0.15, -0.1) is 0 Å². The molecule has 0 atom stereocenters. The molecule has 92 valence electrons. The highest BCUT2D eigenvalue weighted by Gasteiger charge is 2.20. The van der Waals surface area contributed by atoms with Gasteiger partial charge in [-0.1, -0.05) is 17.7 Å². The van der Waals surface area contributed by atoms with E-state index >= 15 is 0 Å². The van der Waals surface area contributed by atoms with Gasteiger partial charge < -0.3 is 10.4 Å². The van der Waals surface area contributed by atoms with E-state index in [1.54, 1.807) is 0 Å². The highest BCUT2D eigenvalue weighted by atomic mass is 16.3. The first-order valence-corrected chi connectivity index (χ1v) is 6.21. The average Bonchev–Trinajstić information content (AvgIpc) is 2.33. The highest BCUT2D eigenvalue weighted by Crippen LogP contribution is 2.18. The minimum absolute atomic E-state index is 0.00797. The number of hydrogen-bond acceptors (Lipinski definition) is 2. The number of carbonyl (C=O) groups is 1. The normalized spacial score (nSPS) is 24.4. The van der Waals surface area contributed by atoms with Crippen LogP contribution in [0.1, 0.15) is 41.6 Å². The lowest BCUT2D eigenvalue weighted by molar-refractivity contribution is 0.0867. The molecule has 1 saturated carbocycles. The molecule has 2 N–H and O–H groups in total. The van der Waals surface area contributed by atoms with E-state index in [1.165, 1.54) is 0 Å². The highest BCUT2D eigenvalue weighted by molar-refractivity contribution is 5.94. The molecule has 0 aliphatic heterocycles. The van der Waals surface area contributed by atoms with E-state index in [2.05, 4.69) is 5.32 Å². The van der Waals surface area contributed by atoms with Crippen molar-refractivity contribution < 1.29 is 9.90 Å². The van der Waals surface area contributed by atoms with Crippen LogP contribution in [0.2, 0.25) is 0 Å². The van der Waals surface area contributed by atoms with Gasteiger partial charge >= 0.3 is 0 Å². The van der Waals surface area contributed by atoms with Crippen molar-refractivity contribution in [3.63, 3.8) is 0 Å². The molecule has 17 heavy (non-hydrogen) atoms. The maximum absolute atomic E-state index is 11.9. The van der Waals surface area contributed by atoms with Gasteiger partial charge in [0.2, 0.25) is 0 Å². The number of amides is 1. The third-order valence-corrected chi connectivity index (χ3v) is 3.35. The topological polar surface area (TPSA) is 49.3 Å². The van der Waals surface area contributed by atoms with Crippen LogP contribution in [0.5, 0.6) is 0 Å². The number of nitrogens with one attached hydrogen (secondary N) is 1. The molecule has 0 unspecified atom stereocenters. The van der Waals surface area contributed by atoms with Gasteiger partial charge in [-0.2, -0.15) is 0 Å². The van der Waals surface area contributed by atoms with Gasteiger partial charge in [-0.3, -0.25) is 4.79 Å². The number of rotatable bonds is 2. The van der Waals surface area contributed by atoms with E-state index in [0.717, 1.165) is 31.2 Å². The maximum atomic E-state index is 11.9. The zero-order chi connectivity index (χ0) is 12.3. The Morgan fingerprint density at radius 3 is 2.35 bits per heavy atom. The van der Waals surface area contributed by atoms with E-state index in [0.29, 0.717) is 5.56 Å². The number of aryl methyl sites for hydroxylation is 1. The van der Waals surface area contributed by atoms with Gasteiger partial charge in [-0.25, -0.2) is 0 Å². The summed E-state index contributed by atoms with van der Waals surface area (Å²) in [5.41, 5.74) is 1.86. The fraction of sp³-hybridized carbons (Fsp3) is 0.500. The molecule has 3 heteroatoms. The zero-order valence-corrected chi connectivity index (χ0v) is 10.1. The van der Waals surface area contributed by atoms with Crippen LogP contribution in [-0.2, 0) is 0 Å². The molecule has 1 amide bonds. The quantitative estimate of drug-likeness (QED) is 0.821. The Kier molecular flexibility index (Phi) is 3.79. The van der Waals surface area contributed by atoms with Crippen LogP contribution in [0.4, 0.5) is 0 Å². The van der Waals surface area contributed by atoms with Gasteiger partial charge in [0, 0.05) is 11.6 Å². The van der Waals surface area contributed by atoms with Crippen LogP contribution in [0.15, 0.2) is 24.3 Å². The number of carbonyl (C=O) groups excluding carboxylic acids is 1. The summed E-state index contributed by atoms with van der Waals surface area (Å²) >= 11 is 0. The van der Waals surface area contributed by atoms with Crippen molar-refractivity contribution >= 4 is 5.91 Å². The van der Waals surface area contributed by atoms with Crippen LogP contribution < -0.4 is 5.32 Å². The molecule has 0 heterocycles. The fourth-order valence-corrected chi connectivity index (χ4v) is 2.19. The molecule has 0 spiro atoms. The fourth-order valence-electron chi connectivity index (χ4n) is 2.19. The molecule has 2 rings (SSSR count). The Morgan fingerprint density at radius 1 is 1.18 bits per heavy atom. The van der Waals surface area contributed by atoms with Gasteiger partial charge in [0.15, 0.2) is 0 Å². The lowest BCUT2D eigenvalue weighted by Crippen LogP contribution is -2.38. The Bertz CT molecular complexity index is 378. The first kappa shape index (κ1) is 12.1. The first-order chi connectivity index (χ1) is 8.15. The Hall–Kier alpha value is -1.35. The smallest absolute Gasteiger partial charge is 0.251 e. The van der Waals surface area contributed by atoms with E-state index in [4.69, 9.17) is 0 Å². The standard InChI is InChI=1S/C14H19NO2/c1-10-2-4-11(5-3-10)14(17)15-12-6-8-13(16)9-7-12/h2-5,12-13,16H,6-9H2,1H3,(H,15,17)/t12-,13-. The third-order valence-electron chi connectivity index (χ3n) is 3.35. The molecule has 1 aliphatic carbocycles. The number of hydrogen-bond donors (Lipinski definition) is 2. The Labute approximate surface area is 102 Å². The van der Waals surface area contributed by atoms with Crippen molar-refractivity contribution in [2.24, 2.45) is 0 Å². The van der Waals surface area contributed by atoms with E-state index < -0.39 is 0 Å². The van der Waals surface area contributed by atoms with Crippen LogP contribution in [0, 0.1) is 6.92 Å². The van der Waals surface area contributed by atoms with Gasteiger partial charge in [0.1, 0.15) is 0 Å². The molecule has 1 aromatic carbocycles. The van der Waals surface area contributed by atoms with Gasteiger partial charge in [-0.05, 0) is 44.7 Å². The molecule has 1 fully saturated rings. The summed E-state index contributed by atoms with van der Waals surface area (Å²) in [6.07, 6.45) is 3.15. The SMILES string of the molecule is Cc1ccc(C(=O)N[C@H]2CC[C@H](O)CC2)cc1. The second kappa shape index (κ2) is 5.32. The predicted octanol–water partition coefficient (Wildman–Crippen LogP) is 2.03. The number of aliphatic hydroxyl groups is 1. The van der Waals surface area contributed by atoms with Crippen LogP contribution in [-0.4, -0.2) is 23.2 Å². The lowest BCUT2D eigenvalue weighted by atomic mass is 9.93. The molecule has 3 nitrogen and oxygen atoms in total. The van der Waals surface area contributed by atoms with Crippen molar-refractivity contribution in [3.8, 4) is 0 Å². The number of benzene rings is 1. The van der Waals surface area contributed by atoms with Crippen molar-refractivity contribution in [3.05, 3.63) is 35.4 Å². The summed E-state index contributed by atoms with van der Waals surface area (Å²) < 4.78 is 0. The summed E-state index contributed by atoms with van der Waals surface area (Å²) in [7, 11) is 0. The summed E-state index contributed by atoms with van der Waals surface area (Å²) in [4.78, 5) is 11.9. The third kappa shape index (κ3) is 3.30. The van der Waals surface area contributed by atoms with Gasteiger partial charge in [0.05, 0.1) is 6.10 Å². The molecule has 1 aromatic rings. The van der Waals surface area contributed by atoms with Crippen LogP contribution >= 0.6 is 0 Å². The first-order valence-electron chi connectivity index (χ1n) is 6.21. The van der Waals surface area contributed by atoms with Crippen molar-refractivity contribution in [2.45, 2.75) is 44.8 Å². The van der Waals surface area contributed by atoms with Crippen molar-refractivity contribution in [2.75, 3.05) is 0 Å². The maximum Gasteiger partial charge on any atom is 0.251 e. The number of aliphatic hydroxyl groups excluding tert-OH is 1. The molecule has 0 radical (unpaired) electrons. The summed E-state index contributed by atoms with van der Waals surface area (Å²) in [6.45, 7) is 2.00. The largest absolute Gasteiger partial charge is 0.393 e. The molecule has 0 aromatic heterocycles. The van der Waals surface area contributed by atoms with E-state index in [1.807, 2.05) is 31.2 Å². The van der Waals surface area contributed by atoms with Crippen LogP contribution in [0.25, 0.3) is 0 Å². The minimum Gasteiger partial charge on any atom is -0.393 e. The molecule has 0 saturated heterocycles. The zero-order valence-electron chi connectivity index (χ0n) is 10.1. The van der Waals surface area contributed by atoms with E-state index in [9.17, 15) is 9.90 Å². The van der Waals surface area contributed by atoms with Crippen molar-refractivity contribution in [1.82, 2.24) is 5.32 Å². The molecular weight excluding hydrogens is 214 g/mol. The average molecular weight is 233 g/mol. The second-order valence-electron chi connectivity index (χ2n) is 4.84. The molecule has 0 bridgehead atoms.